The van der Waals surface area contributed by atoms with Crippen molar-refractivity contribution in [2.75, 3.05) is 4.90 Å². The van der Waals surface area contributed by atoms with Gasteiger partial charge in [0.1, 0.15) is 5.76 Å². The molecule has 1 aromatic heterocycles. The van der Waals surface area contributed by atoms with Gasteiger partial charge in [-0.2, -0.15) is 0 Å². The average molecular weight is 325 g/mol. The van der Waals surface area contributed by atoms with Crippen LogP contribution in [0.4, 0.5) is 5.69 Å². The second kappa shape index (κ2) is 6.09. The number of rotatable bonds is 5. The Bertz CT molecular complexity index is 791. The third-order valence-corrected chi connectivity index (χ3v) is 4.10. The van der Waals surface area contributed by atoms with Crippen molar-refractivity contribution in [2.45, 2.75) is 31.9 Å². The van der Waals surface area contributed by atoms with E-state index in [-0.39, 0.29) is 18.2 Å². The first kappa shape index (κ1) is 16.2. The van der Waals surface area contributed by atoms with Crippen LogP contribution in [0.5, 0.6) is 0 Å². The molecule has 124 valence electrons. The van der Waals surface area contributed by atoms with Crippen LogP contribution in [-0.4, -0.2) is 22.8 Å². The number of para-hydroxylation sites is 1. The Balaban J connectivity index is 1.89. The van der Waals surface area contributed by atoms with Crippen molar-refractivity contribution in [3.05, 3.63) is 60.1 Å². The number of carbonyl (C=O) groups excluding carboxylic acids is 2. The van der Waals surface area contributed by atoms with E-state index < -0.39 is 11.5 Å². The lowest BCUT2D eigenvalue weighted by atomic mass is 9.90. The van der Waals surface area contributed by atoms with E-state index in [1.165, 1.54) is 18.4 Å². The van der Waals surface area contributed by atoms with E-state index >= 15 is 0 Å². The summed E-state index contributed by atoms with van der Waals surface area (Å²) in [5.74, 6) is -0.265. The number of carbonyl (C=O) groups is 2. The molecule has 1 amide bonds. The summed E-state index contributed by atoms with van der Waals surface area (Å²) in [7, 11) is 0. The van der Waals surface area contributed by atoms with Gasteiger partial charge < -0.3 is 14.4 Å². The van der Waals surface area contributed by atoms with Gasteiger partial charge in [-0.05, 0) is 44.2 Å². The fraction of sp³-hybridized carbons (Fsp3) is 0.263. The van der Waals surface area contributed by atoms with Crippen molar-refractivity contribution in [2.24, 2.45) is 0 Å². The fourth-order valence-corrected chi connectivity index (χ4v) is 3.01. The van der Waals surface area contributed by atoms with Crippen molar-refractivity contribution < 1.29 is 19.1 Å². The van der Waals surface area contributed by atoms with Crippen molar-refractivity contribution in [1.29, 1.82) is 0 Å². The lowest BCUT2D eigenvalue weighted by Crippen LogP contribution is -2.44. The van der Waals surface area contributed by atoms with Crippen LogP contribution in [0.2, 0.25) is 0 Å². The number of aliphatic hydroxyl groups is 1. The minimum Gasteiger partial charge on any atom is -0.465 e. The van der Waals surface area contributed by atoms with Gasteiger partial charge in [-0.25, -0.2) is 0 Å². The van der Waals surface area contributed by atoms with Gasteiger partial charge in [0, 0.05) is 11.6 Å². The van der Waals surface area contributed by atoms with Crippen LogP contribution in [0.1, 0.15) is 31.6 Å². The SMILES string of the molecule is CC(C)N1C(=O)[C@](O)(CC(=O)/C=C/c2ccco2)c2ccccc21. The number of nitrogens with zero attached hydrogens (tertiary/aromatic N) is 1. The summed E-state index contributed by atoms with van der Waals surface area (Å²) in [5, 5.41) is 11.0. The molecule has 2 aromatic rings. The number of amides is 1. The number of benzene rings is 1. The molecule has 1 aliphatic rings. The lowest BCUT2D eigenvalue weighted by molar-refractivity contribution is -0.140. The van der Waals surface area contributed by atoms with E-state index in [2.05, 4.69) is 0 Å². The first-order valence-electron chi connectivity index (χ1n) is 7.83. The van der Waals surface area contributed by atoms with Gasteiger partial charge >= 0.3 is 0 Å². The molecule has 5 heteroatoms. The molecule has 0 unspecified atom stereocenters. The quantitative estimate of drug-likeness (QED) is 0.858. The highest BCUT2D eigenvalue weighted by Gasteiger charge is 2.51. The van der Waals surface area contributed by atoms with Gasteiger partial charge in [0.2, 0.25) is 0 Å². The topological polar surface area (TPSA) is 70.8 Å². The molecule has 0 spiro atoms. The summed E-state index contributed by atoms with van der Waals surface area (Å²) >= 11 is 0. The summed E-state index contributed by atoms with van der Waals surface area (Å²) in [6, 6.07) is 10.4. The Labute approximate surface area is 140 Å². The van der Waals surface area contributed by atoms with Crippen molar-refractivity contribution in [3.63, 3.8) is 0 Å². The molecule has 1 atom stereocenters. The molecule has 0 saturated heterocycles. The molecule has 0 saturated carbocycles. The van der Waals surface area contributed by atoms with E-state index in [0.29, 0.717) is 17.0 Å². The maximum Gasteiger partial charge on any atom is 0.264 e. The number of fused-ring (bicyclic) bond motifs is 1. The van der Waals surface area contributed by atoms with Crippen LogP contribution in [0.15, 0.2) is 53.2 Å². The molecule has 24 heavy (non-hydrogen) atoms. The second-order valence-electron chi connectivity index (χ2n) is 6.14. The minimum atomic E-state index is -1.83. The van der Waals surface area contributed by atoms with Gasteiger partial charge in [-0.3, -0.25) is 9.59 Å². The van der Waals surface area contributed by atoms with Crippen molar-refractivity contribution in [1.82, 2.24) is 0 Å². The van der Waals surface area contributed by atoms with Crippen LogP contribution in [0.25, 0.3) is 6.08 Å². The van der Waals surface area contributed by atoms with Crippen molar-refractivity contribution >= 4 is 23.5 Å². The summed E-state index contributed by atoms with van der Waals surface area (Å²) in [4.78, 5) is 26.6. The van der Waals surface area contributed by atoms with E-state index in [1.807, 2.05) is 19.9 Å². The molecule has 1 aromatic carbocycles. The Kier molecular flexibility index (Phi) is 4.11. The van der Waals surface area contributed by atoms with Crippen molar-refractivity contribution in [3.8, 4) is 0 Å². The van der Waals surface area contributed by atoms with Crippen LogP contribution in [0, 0.1) is 0 Å². The number of hydrogen-bond acceptors (Lipinski definition) is 4. The van der Waals surface area contributed by atoms with Crippen LogP contribution in [-0.2, 0) is 15.2 Å². The summed E-state index contributed by atoms with van der Waals surface area (Å²) in [6.07, 6.45) is 4.06. The number of furan rings is 1. The standard InChI is InChI=1S/C19H19NO4/c1-13(2)20-17-8-4-3-7-16(17)19(23,18(20)22)12-14(21)9-10-15-6-5-11-24-15/h3-11,13,23H,12H2,1-2H3/b10-9+/t19-/m0/s1. The Morgan fingerprint density at radius 3 is 2.71 bits per heavy atom. The molecule has 0 aliphatic carbocycles. The summed E-state index contributed by atoms with van der Waals surface area (Å²) < 4.78 is 5.13. The number of allylic oxidation sites excluding steroid dienone is 1. The van der Waals surface area contributed by atoms with Crippen LogP contribution >= 0.6 is 0 Å². The maximum absolute atomic E-state index is 12.8. The summed E-state index contributed by atoms with van der Waals surface area (Å²) in [5.41, 5.74) is -0.697. The Hall–Kier alpha value is -2.66. The summed E-state index contributed by atoms with van der Waals surface area (Å²) in [6.45, 7) is 3.75. The van der Waals surface area contributed by atoms with Crippen LogP contribution < -0.4 is 4.90 Å². The van der Waals surface area contributed by atoms with Gasteiger partial charge in [0.05, 0.1) is 18.4 Å². The largest absolute Gasteiger partial charge is 0.465 e. The molecule has 0 radical (unpaired) electrons. The fourth-order valence-electron chi connectivity index (χ4n) is 3.01. The monoisotopic (exact) mass is 325 g/mol. The third-order valence-electron chi connectivity index (χ3n) is 4.10. The van der Waals surface area contributed by atoms with Gasteiger partial charge in [0.25, 0.3) is 5.91 Å². The van der Waals surface area contributed by atoms with Crippen LogP contribution in [0.3, 0.4) is 0 Å². The smallest absolute Gasteiger partial charge is 0.264 e. The van der Waals surface area contributed by atoms with Gasteiger partial charge in [0.15, 0.2) is 11.4 Å². The highest BCUT2D eigenvalue weighted by molar-refractivity contribution is 6.10. The molecule has 0 fully saturated rings. The van der Waals surface area contributed by atoms with E-state index in [9.17, 15) is 14.7 Å². The maximum atomic E-state index is 12.8. The number of anilines is 1. The molecule has 0 bridgehead atoms. The third kappa shape index (κ3) is 2.67. The lowest BCUT2D eigenvalue weighted by Gasteiger charge is -2.25. The number of hydrogen-bond donors (Lipinski definition) is 1. The van der Waals surface area contributed by atoms with Gasteiger partial charge in [-0.15, -0.1) is 0 Å². The molecular formula is C19H19NO4. The number of ketones is 1. The van der Waals surface area contributed by atoms with E-state index in [0.717, 1.165) is 0 Å². The average Bonchev–Trinajstić information content (AvgIpc) is 3.12. The first-order chi connectivity index (χ1) is 11.4. The normalized spacial score (nSPS) is 20.2. The van der Waals surface area contributed by atoms with Gasteiger partial charge in [-0.1, -0.05) is 18.2 Å². The zero-order valence-corrected chi connectivity index (χ0v) is 13.6. The Morgan fingerprint density at radius 1 is 1.29 bits per heavy atom. The molecule has 3 rings (SSSR count). The highest BCUT2D eigenvalue weighted by Crippen LogP contribution is 2.43. The predicted molar refractivity (Wildman–Crippen MR) is 90.3 cm³/mol. The molecule has 1 aliphatic heterocycles. The predicted octanol–water partition coefficient (Wildman–Crippen LogP) is 2.89. The zero-order chi connectivity index (χ0) is 17.3. The molecule has 5 nitrogen and oxygen atoms in total. The second-order valence-corrected chi connectivity index (χ2v) is 6.14. The molecular weight excluding hydrogens is 306 g/mol. The Morgan fingerprint density at radius 2 is 2.04 bits per heavy atom. The molecule has 2 heterocycles. The van der Waals surface area contributed by atoms with E-state index in [1.54, 1.807) is 35.2 Å². The first-order valence-corrected chi connectivity index (χ1v) is 7.83. The van der Waals surface area contributed by atoms with E-state index in [4.69, 9.17) is 4.42 Å². The minimum absolute atomic E-state index is 0.110. The molecule has 1 N–H and O–H groups in total. The highest BCUT2D eigenvalue weighted by atomic mass is 16.3. The zero-order valence-electron chi connectivity index (χ0n) is 13.6.